The highest BCUT2D eigenvalue weighted by Gasteiger charge is 2.13. The number of aliphatic imine (C=N–C) groups is 1. The van der Waals surface area contributed by atoms with E-state index in [1.807, 2.05) is 6.92 Å². The summed E-state index contributed by atoms with van der Waals surface area (Å²) >= 11 is 0. The van der Waals surface area contributed by atoms with E-state index >= 15 is 0 Å². The second-order valence-electron chi connectivity index (χ2n) is 5.04. The van der Waals surface area contributed by atoms with Crippen molar-refractivity contribution in [2.24, 2.45) is 12.0 Å². The van der Waals surface area contributed by atoms with Crippen LogP contribution in [0, 0.1) is 0 Å². The molecule has 7 heteroatoms. The number of nitrogens with zero attached hydrogens (tertiary/aromatic N) is 2. The molecule has 0 saturated carbocycles. The van der Waals surface area contributed by atoms with E-state index in [0.717, 1.165) is 25.5 Å². The molecular formula is C13H22N6O. The third-order valence-corrected chi connectivity index (χ3v) is 3.11. The van der Waals surface area contributed by atoms with Crippen molar-refractivity contribution in [3.8, 4) is 0 Å². The molecule has 1 aliphatic rings. The molecule has 0 bridgehead atoms. The van der Waals surface area contributed by atoms with Crippen LogP contribution in [0.3, 0.4) is 0 Å². The average Bonchev–Trinajstić information content (AvgIpc) is 2.76. The van der Waals surface area contributed by atoms with Gasteiger partial charge in [0.15, 0.2) is 5.96 Å². The number of anilines is 1. The van der Waals surface area contributed by atoms with Crippen LogP contribution in [-0.2, 0) is 7.05 Å². The van der Waals surface area contributed by atoms with Crippen LogP contribution in [-0.4, -0.2) is 42.1 Å². The Kier molecular flexibility index (Phi) is 4.49. The number of nitrogen functional groups attached to an aromatic ring is 1. The number of carbonyl (C=O) groups excluding carboxylic acids is 1. The highest BCUT2D eigenvalue weighted by Crippen LogP contribution is 2.08. The van der Waals surface area contributed by atoms with E-state index in [-0.39, 0.29) is 11.9 Å². The van der Waals surface area contributed by atoms with Gasteiger partial charge in [0.05, 0.1) is 5.69 Å². The van der Waals surface area contributed by atoms with E-state index in [0.29, 0.717) is 17.9 Å². The van der Waals surface area contributed by atoms with Crippen molar-refractivity contribution in [2.45, 2.75) is 19.4 Å². The number of nitrogens with two attached hydrogens (primary N) is 1. The fourth-order valence-electron chi connectivity index (χ4n) is 2.07. The Bertz CT molecular complexity index is 507. The van der Waals surface area contributed by atoms with Gasteiger partial charge in [-0.25, -0.2) is 0 Å². The fourth-order valence-corrected chi connectivity index (χ4v) is 2.07. The minimum absolute atomic E-state index is 0.0981. The van der Waals surface area contributed by atoms with Crippen LogP contribution in [0.5, 0.6) is 0 Å². The molecule has 1 aliphatic heterocycles. The van der Waals surface area contributed by atoms with Gasteiger partial charge in [-0.05, 0) is 19.4 Å². The quantitative estimate of drug-likeness (QED) is 0.606. The summed E-state index contributed by atoms with van der Waals surface area (Å²) in [5, 5.41) is 9.31. The highest BCUT2D eigenvalue weighted by atomic mass is 16.1. The molecule has 110 valence electrons. The van der Waals surface area contributed by atoms with Crippen LogP contribution < -0.4 is 21.7 Å². The molecule has 0 spiro atoms. The lowest BCUT2D eigenvalue weighted by Crippen LogP contribution is -2.48. The molecule has 0 radical (unpaired) electrons. The molecule has 7 nitrogen and oxygen atoms in total. The molecule has 2 rings (SSSR count). The van der Waals surface area contributed by atoms with Crippen LogP contribution in [0.4, 0.5) is 5.69 Å². The number of guanidine groups is 1. The van der Waals surface area contributed by atoms with Crippen LogP contribution in [0.25, 0.3) is 0 Å². The highest BCUT2D eigenvalue weighted by molar-refractivity contribution is 5.93. The number of hydrogen-bond acceptors (Lipinski definition) is 5. The van der Waals surface area contributed by atoms with E-state index in [4.69, 9.17) is 5.73 Å². The molecule has 2 heterocycles. The topological polar surface area (TPSA) is 96.5 Å². The number of hydrogen-bond donors (Lipinski definition) is 4. The summed E-state index contributed by atoms with van der Waals surface area (Å²) in [7, 11) is 1.80. The van der Waals surface area contributed by atoms with Gasteiger partial charge in [-0.1, -0.05) is 0 Å². The van der Waals surface area contributed by atoms with Gasteiger partial charge >= 0.3 is 0 Å². The molecule has 20 heavy (non-hydrogen) atoms. The Morgan fingerprint density at radius 2 is 2.45 bits per heavy atom. The zero-order valence-corrected chi connectivity index (χ0v) is 11.9. The summed E-state index contributed by atoms with van der Waals surface area (Å²) in [4.78, 5) is 16.3. The Labute approximate surface area is 118 Å². The lowest BCUT2D eigenvalue weighted by molar-refractivity contribution is 0.0943. The normalized spacial score (nSPS) is 16.0. The molecule has 1 aromatic heterocycles. The molecule has 1 aromatic rings. The predicted octanol–water partition coefficient (Wildman–Crippen LogP) is -0.335. The van der Waals surface area contributed by atoms with Crippen molar-refractivity contribution in [3.05, 3.63) is 18.0 Å². The van der Waals surface area contributed by atoms with Crippen molar-refractivity contribution in [1.82, 2.24) is 20.5 Å². The van der Waals surface area contributed by atoms with Gasteiger partial charge in [-0.2, -0.15) is 0 Å². The van der Waals surface area contributed by atoms with Gasteiger partial charge in [-0.15, -0.1) is 0 Å². The summed E-state index contributed by atoms with van der Waals surface area (Å²) in [6.45, 7) is 4.30. The summed E-state index contributed by atoms with van der Waals surface area (Å²) < 4.78 is 1.72. The molecule has 0 fully saturated rings. The molecular weight excluding hydrogens is 256 g/mol. The third-order valence-electron chi connectivity index (χ3n) is 3.11. The summed E-state index contributed by atoms with van der Waals surface area (Å²) in [5.74, 6) is 0.678. The maximum atomic E-state index is 12.0. The molecule has 1 unspecified atom stereocenters. The SMILES string of the molecule is CC(CNC(=O)c1cc(N)cn1C)NC1=NCCCN1. The van der Waals surface area contributed by atoms with Crippen LogP contribution in [0.1, 0.15) is 23.8 Å². The molecule has 0 saturated heterocycles. The lowest BCUT2D eigenvalue weighted by atomic mass is 10.3. The first-order valence-corrected chi connectivity index (χ1v) is 6.81. The maximum Gasteiger partial charge on any atom is 0.268 e. The Morgan fingerprint density at radius 3 is 3.05 bits per heavy atom. The van der Waals surface area contributed by atoms with Crippen molar-refractivity contribution in [2.75, 3.05) is 25.4 Å². The zero-order valence-electron chi connectivity index (χ0n) is 11.9. The molecule has 5 N–H and O–H groups in total. The van der Waals surface area contributed by atoms with Crippen LogP contribution >= 0.6 is 0 Å². The van der Waals surface area contributed by atoms with Gasteiger partial charge in [-0.3, -0.25) is 9.79 Å². The van der Waals surface area contributed by atoms with Crippen molar-refractivity contribution in [3.63, 3.8) is 0 Å². The van der Waals surface area contributed by atoms with E-state index in [9.17, 15) is 4.79 Å². The van der Waals surface area contributed by atoms with Gasteiger partial charge in [0, 0.05) is 38.9 Å². The van der Waals surface area contributed by atoms with Gasteiger partial charge in [0.25, 0.3) is 5.91 Å². The van der Waals surface area contributed by atoms with Crippen molar-refractivity contribution >= 4 is 17.6 Å². The lowest BCUT2D eigenvalue weighted by Gasteiger charge is -2.21. The summed E-state index contributed by atoms with van der Waals surface area (Å²) in [6.07, 6.45) is 2.78. The van der Waals surface area contributed by atoms with Crippen LogP contribution in [0.15, 0.2) is 17.3 Å². The molecule has 0 aliphatic carbocycles. The standard InChI is InChI=1S/C13H22N6O/c1-9(18-13-15-4-3-5-16-13)7-17-12(20)11-6-10(14)8-19(11)2/h6,8-9H,3-5,7,14H2,1-2H3,(H,17,20)(H2,15,16,18). The average molecular weight is 278 g/mol. The second-order valence-corrected chi connectivity index (χ2v) is 5.04. The Balaban J connectivity index is 1.81. The fraction of sp³-hybridized carbons (Fsp3) is 0.538. The van der Waals surface area contributed by atoms with Gasteiger partial charge in [0.1, 0.15) is 5.69 Å². The van der Waals surface area contributed by atoms with E-state index in [2.05, 4.69) is 20.9 Å². The van der Waals surface area contributed by atoms with Gasteiger partial charge < -0.3 is 26.3 Å². The van der Waals surface area contributed by atoms with E-state index in [1.54, 1.807) is 23.9 Å². The maximum absolute atomic E-state index is 12.0. The summed E-state index contributed by atoms with van der Waals surface area (Å²) in [6, 6.07) is 1.76. The number of rotatable bonds is 4. The van der Waals surface area contributed by atoms with Crippen molar-refractivity contribution < 1.29 is 4.79 Å². The molecule has 1 atom stereocenters. The number of aryl methyl sites for hydroxylation is 1. The largest absolute Gasteiger partial charge is 0.397 e. The first-order valence-electron chi connectivity index (χ1n) is 6.81. The number of aromatic nitrogens is 1. The Hall–Kier alpha value is -2.18. The Morgan fingerprint density at radius 1 is 1.65 bits per heavy atom. The van der Waals surface area contributed by atoms with Crippen molar-refractivity contribution in [1.29, 1.82) is 0 Å². The minimum Gasteiger partial charge on any atom is -0.397 e. The number of nitrogens with one attached hydrogen (secondary N) is 3. The van der Waals surface area contributed by atoms with E-state index in [1.165, 1.54) is 0 Å². The molecule has 1 amide bonds. The second kappa shape index (κ2) is 6.31. The number of amides is 1. The smallest absolute Gasteiger partial charge is 0.268 e. The first-order chi connectivity index (χ1) is 9.56. The van der Waals surface area contributed by atoms with E-state index < -0.39 is 0 Å². The summed E-state index contributed by atoms with van der Waals surface area (Å²) in [5.41, 5.74) is 6.81. The van der Waals surface area contributed by atoms with Crippen LogP contribution in [0.2, 0.25) is 0 Å². The number of carbonyl (C=O) groups is 1. The predicted molar refractivity (Wildman–Crippen MR) is 79.7 cm³/mol. The zero-order chi connectivity index (χ0) is 14.5. The first kappa shape index (κ1) is 14.2. The monoisotopic (exact) mass is 278 g/mol. The third kappa shape index (κ3) is 3.66. The minimum atomic E-state index is -0.128. The molecule has 0 aromatic carbocycles. The van der Waals surface area contributed by atoms with Gasteiger partial charge in [0.2, 0.25) is 0 Å².